The number of benzene rings is 2. The number of hydrogen-bond donors (Lipinski definition) is 1. The molecular formula is C19H22O. The van der Waals surface area contributed by atoms with Gasteiger partial charge in [0, 0.05) is 5.92 Å². The molecule has 2 aromatic rings. The number of rotatable bonds is 4. The van der Waals surface area contributed by atoms with Gasteiger partial charge in [-0.3, -0.25) is 0 Å². The van der Waals surface area contributed by atoms with Gasteiger partial charge >= 0.3 is 0 Å². The van der Waals surface area contributed by atoms with E-state index in [1.54, 1.807) is 0 Å². The third kappa shape index (κ3) is 2.83. The topological polar surface area (TPSA) is 20.2 Å². The third-order valence-electron chi connectivity index (χ3n) is 4.15. The lowest BCUT2D eigenvalue weighted by molar-refractivity contribution is 0.0243. The van der Waals surface area contributed by atoms with E-state index < -0.39 is 5.60 Å². The van der Waals surface area contributed by atoms with Crippen molar-refractivity contribution in [3.8, 4) is 0 Å². The molecule has 0 saturated carbocycles. The molecule has 20 heavy (non-hydrogen) atoms. The van der Waals surface area contributed by atoms with Crippen LogP contribution in [0.2, 0.25) is 0 Å². The first kappa shape index (κ1) is 14.5. The molecule has 2 rings (SSSR count). The fourth-order valence-electron chi connectivity index (χ4n) is 2.38. The van der Waals surface area contributed by atoms with Gasteiger partial charge in [-0.1, -0.05) is 73.7 Å². The lowest BCUT2D eigenvalue weighted by Crippen LogP contribution is -2.30. The number of aliphatic hydroxyl groups is 1. The van der Waals surface area contributed by atoms with Crippen molar-refractivity contribution >= 4 is 5.57 Å². The Morgan fingerprint density at radius 1 is 1.05 bits per heavy atom. The summed E-state index contributed by atoms with van der Waals surface area (Å²) in [6, 6.07) is 18.0. The molecule has 1 nitrogen and oxygen atoms in total. The van der Waals surface area contributed by atoms with Gasteiger partial charge in [-0.25, -0.2) is 0 Å². The van der Waals surface area contributed by atoms with Gasteiger partial charge in [0.15, 0.2) is 0 Å². The molecule has 0 fully saturated rings. The Morgan fingerprint density at radius 2 is 1.60 bits per heavy atom. The summed E-state index contributed by atoms with van der Waals surface area (Å²) in [4.78, 5) is 0. The van der Waals surface area contributed by atoms with Crippen LogP contribution in [0, 0.1) is 12.8 Å². The molecule has 2 aromatic carbocycles. The summed E-state index contributed by atoms with van der Waals surface area (Å²) < 4.78 is 0. The molecule has 0 radical (unpaired) electrons. The van der Waals surface area contributed by atoms with E-state index in [0.29, 0.717) is 0 Å². The average Bonchev–Trinajstić information content (AvgIpc) is 2.47. The van der Waals surface area contributed by atoms with E-state index in [4.69, 9.17) is 0 Å². The highest BCUT2D eigenvalue weighted by Gasteiger charge is 2.32. The lowest BCUT2D eigenvalue weighted by atomic mass is 9.78. The van der Waals surface area contributed by atoms with Crippen LogP contribution in [-0.4, -0.2) is 5.11 Å². The highest BCUT2D eigenvalue weighted by Crippen LogP contribution is 2.37. The minimum Gasteiger partial charge on any atom is -0.385 e. The monoisotopic (exact) mass is 266 g/mol. The largest absolute Gasteiger partial charge is 0.385 e. The zero-order chi connectivity index (χ0) is 14.8. The van der Waals surface area contributed by atoms with Crippen LogP contribution in [0.25, 0.3) is 5.57 Å². The predicted octanol–water partition coefficient (Wildman–Crippen LogP) is 4.55. The Balaban J connectivity index is 2.28. The first-order valence-corrected chi connectivity index (χ1v) is 6.96. The van der Waals surface area contributed by atoms with Gasteiger partial charge < -0.3 is 5.11 Å². The van der Waals surface area contributed by atoms with Gasteiger partial charge in [0.1, 0.15) is 0 Å². The van der Waals surface area contributed by atoms with E-state index in [0.717, 1.165) is 16.7 Å². The fourth-order valence-corrected chi connectivity index (χ4v) is 2.38. The van der Waals surface area contributed by atoms with Crippen LogP contribution in [-0.2, 0) is 5.60 Å². The second-order valence-electron chi connectivity index (χ2n) is 5.63. The van der Waals surface area contributed by atoms with E-state index in [-0.39, 0.29) is 5.92 Å². The molecule has 0 saturated heterocycles. The smallest absolute Gasteiger partial charge is 0.0934 e. The van der Waals surface area contributed by atoms with Crippen LogP contribution < -0.4 is 0 Å². The Bertz CT molecular complexity index is 579. The second-order valence-corrected chi connectivity index (χ2v) is 5.63. The summed E-state index contributed by atoms with van der Waals surface area (Å²) in [5.74, 6) is -0.0624. The zero-order valence-corrected chi connectivity index (χ0v) is 12.4. The van der Waals surface area contributed by atoms with E-state index in [9.17, 15) is 5.11 Å². The second kappa shape index (κ2) is 5.64. The fraction of sp³-hybridized carbons (Fsp3) is 0.263. The summed E-state index contributed by atoms with van der Waals surface area (Å²) >= 11 is 0. The molecule has 1 N–H and O–H groups in total. The normalized spacial score (nSPS) is 15.4. The highest BCUT2D eigenvalue weighted by molar-refractivity contribution is 5.66. The Kier molecular flexibility index (Phi) is 4.10. The van der Waals surface area contributed by atoms with E-state index in [2.05, 4.69) is 37.8 Å². The van der Waals surface area contributed by atoms with Gasteiger partial charge in [-0.2, -0.15) is 0 Å². The van der Waals surface area contributed by atoms with E-state index in [1.165, 1.54) is 5.56 Å². The Hall–Kier alpha value is -1.86. The summed E-state index contributed by atoms with van der Waals surface area (Å²) in [7, 11) is 0. The van der Waals surface area contributed by atoms with Crippen molar-refractivity contribution in [3.63, 3.8) is 0 Å². The van der Waals surface area contributed by atoms with Crippen LogP contribution in [0.15, 0.2) is 61.2 Å². The van der Waals surface area contributed by atoms with Crippen molar-refractivity contribution in [3.05, 3.63) is 77.9 Å². The molecule has 0 amide bonds. The van der Waals surface area contributed by atoms with E-state index in [1.807, 2.05) is 44.2 Å². The lowest BCUT2D eigenvalue weighted by Gasteiger charge is -2.32. The van der Waals surface area contributed by atoms with Gasteiger partial charge in [-0.15, -0.1) is 0 Å². The molecule has 0 unspecified atom stereocenters. The first-order valence-electron chi connectivity index (χ1n) is 6.96. The first-order chi connectivity index (χ1) is 9.43. The molecule has 0 aliphatic rings. The van der Waals surface area contributed by atoms with Crippen LogP contribution in [0.4, 0.5) is 0 Å². The van der Waals surface area contributed by atoms with Crippen molar-refractivity contribution in [2.24, 2.45) is 5.92 Å². The van der Waals surface area contributed by atoms with Crippen LogP contribution >= 0.6 is 0 Å². The standard InChI is InChI=1S/C19H22O/c1-14-10-12-17(13-11-14)15(2)16(3)19(4,20)18-8-6-5-7-9-18/h5-13,16,20H,2H2,1,3-4H3/t16-,19-/m1/s1. The molecule has 0 aliphatic carbocycles. The Morgan fingerprint density at radius 3 is 2.15 bits per heavy atom. The summed E-state index contributed by atoms with van der Waals surface area (Å²) in [6.07, 6.45) is 0. The van der Waals surface area contributed by atoms with Gasteiger partial charge in [0.25, 0.3) is 0 Å². The molecular weight excluding hydrogens is 244 g/mol. The quantitative estimate of drug-likeness (QED) is 0.860. The number of aryl methyl sites for hydroxylation is 1. The summed E-state index contributed by atoms with van der Waals surface area (Å²) in [5.41, 5.74) is 3.26. The van der Waals surface area contributed by atoms with Crippen molar-refractivity contribution in [2.45, 2.75) is 26.4 Å². The van der Waals surface area contributed by atoms with Crippen molar-refractivity contribution < 1.29 is 5.11 Å². The van der Waals surface area contributed by atoms with Crippen molar-refractivity contribution in [1.82, 2.24) is 0 Å². The minimum atomic E-state index is -0.927. The summed E-state index contributed by atoms with van der Waals surface area (Å²) in [6.45, 7) is 10.1. The molecule has 0 aliphatic heterocycles. The molecule has 0 heterocycles. The van der Waals surface area contributed by atoms with Crippen molar-refractivity contribution in [2.75, 3.05) is 0 Å². The molecule has 1 heteroatoms. The highest BCUT2D eigenvalue weighted by atomic mass is 16.3. The van der Waals surface area contributed by atoms with Gasteiger partial charge in [-0.05, 0) is 30.5 Å². The molecule has 0 bridgehead atoms. The maximum absolute atomic E-state index is 10.9. The van der Waals surface area contributed by atoms with Gasteiger partial charge in [0.05, 0.1) is 5.60 Å². The third-order valence-corrected chi connectivity index (χ3v) is 4.15. The number of hydrogen-bond acceptors (Lipinski definition) is 1. The van der Waals surface area contributed by atoms with Crippen LogP contribution in [0.1, 0.15) is 30.5 Å². The van der Waals surface area contributed by atoms with E-state index >= 15 is 0 Å². The zero-order valence-electron chi connectivity index (χ0n) is 12.4. The summed E-state index contributed by atoms with van der Waals surface area (Å²) in [5, 5.41) is 10.9. The SMILES string of the molecule is C=C(c1ccc(C)cc1)[C@@H](C)[C@@](C)(O)c1ccccc1. The average molecular weight is 266 g/mol. The maximum atomic E-state index is 10.9. The van der Waals surface area contributed by atoms with Crippen molar-refractivity contribution in [1.29, 1.82) is 0 Å². The Labute approximate surface area is 121 Å². The molecule has 104 valence electrons. The minimum absolute atomic E-state index is 0.0624. The molecule has 0 spiro atoms. The van der Waals surface area contributed by atoms with Crippen LogP contribution in [0.5, 0.6) is 0 Å². The molecule has 0 aromatic heterocycles. The molecule has 2 atom stereocenters. The predicted molar refractivity (Wildman–Crippen MR) is 85.4 cm³/mol. The van der Waals surface area contributed by atoms with Crippen LogP contribution in [0.3, 0.4) is 0 Å². The maximum Gasteiger partial charge on any atom is 0.0934 e. The van der Waals surface area contributed by atoms with Gasteiger partial charge in [0.2, 0.25) is 0 Å².